The van der Waals surface area contributed by atoms with Gasteiger partial charge in [-0.25, -0.2) is 4.79 Å². The van der Waals surface area contributed by atoms with E-state index in [1.807, 2.05) is 18.2 Å². The Kier molecular flexibility index (Phi) is 6.53. The third-order valence-corrected chi connectivity index (χ3v) is 8.11. The average Bonchev–Trinajstić information content (AvgIpc) is 3.35. The summed E-state index contributed by atoms with van der Waals surface area (Å²) in [5, 5.41) is 9.65. The Morgan fingerprint density at radius 2 is 2.07 bits per heavy atom. The highest BCUT2D eigenvalue weighted by molar-refractivity contribution is 8.00. The maximum Gasteiger partial charge on any atom is 0.334 e. The number of hydrogen-bond acceptors (Lipinski definition) is 4. The number of carboxylic acid groups (broad SMARTS) is 1. The molecule has 0 saturated heterocycles. The Morgan fingerprint density at radius 3 is 2.72 bits per heavy atom. The normalized spacial score (nSPS) is 27.9. The van der Waals surface area contributed by atoms with E-state index in [2.05, 4.69) is 23.2 Å². The molecule has 2 bridgehead atoms. The second-order valence-electron chi connectivity index (χ2n) is 8.58. The van der Waals surface area contributed by atoms with Crippen molar-refractivity contribution in [3.63, 3.8) is 0 Å². The standard InChI is InChI=1S/C24H31NO3S/c1-28-21-10-7-17(8-11-21)4-3-13-29-23-22(24(26)27)5-2-12-25(23)16-20-15-18-6-9-19(20)14-18/h2,5,7-8,10-12,18-20,23H,3-4,6,9,13-16H2,1H3,(H,26,27). The molecule has 0 amide bonds. The number of allylic oxidation sites excluding steroid dienone is 2. The van der Waals surface area contributed by atoms with Gasteiger partial charge in [-0.15, -0.1) is 11.8 Å². The van der Waals surface area contributed by atoms with Crippen molar-refractivity contribution in [2.75, 3.05) is 19.4 Å². The Balaban J connectivity index is 1.33. The van der Waals surface area contributed by atoms with Crippen LogP contribution in [0.15, 0.2) is 48.2 Å². The van der Waals surface area contributed by atoms with Gasteiger partial charge in [-0.3, -0.25) is 0 Å². The summed E-state index contributed by atoms with van der Waals surface area (Å²) in [7, 11) is 1.68. The van der Waals surface area contributed by atoms with Crippen LogP contribution in [0, 0.1) is 17.8 Å². The van der Waals surface area contributed by atoms with Crippen LogP contribution in [0.3, 0.4) is 0 Å². The molecule has 1 heterocycles. The van der Waals surface area contributed by atoms with Crippen molar-refractivity contribution >= 4 is 17.7 Å². The molecule has 1 aliphatic heterocycles. The number of thioether (sulfide) groups is 1. The minimum atomic E-state index is -0.792. The first kappa shape index (κ1) is 20.4. The van der Waals surface area contributed by atoms with Crippen molar-refractivity contribution in [1.29, 1.82) is 0 Å². The van der Waals surface area contributed by atoms with Crippen LogP contribution in [0.1, 0.15) is 37.7 Å². The van der Waals surface area contributed by atoms with E-state index in [4.69, 9.17) is 4.74 Å². The van der Waals surface area contributed by atoms with Crippen molar-refractivity contribution < 1.29 is 14.6 Å². The smallest absolute Gasteiger partial charge is 0.334 e. The predicted molar refractivity (Wildman–Crippen MR) is 118 cm³/mol. The van der Waals surface area contributed by atoms with E-state index in [-0.39, 0.29) is 5.37 Å². The Morgan fingerprint density at radius 1 is 1.24 bits per heavy atom. The summed E-state index contributed by atoms with van der Waals surface area (Å²) in [5.41, 5.74) is 1.81. The number of rotatable bonds is 9. The average molecular weight is 414 g/mol. The van der Waals surface area contributed by atoms with Crippen molar-refractivity contribution in [1.82, 2.24) is 4.90 Å². The van der Waals surface area contributed by atoms with Gasteiger partial charge in [-0.2, -0.15) is 0 Å². The molecule has 1 aromatic rings. The highest BCUT2D eigenvalue weighted by Crippen LogP contribution is 2.49. The van der Waals surface area contributed by atoms with Gasteiger partial charge in [0.15, 0.2) is 0 Å². The first-order valence-corrected chi connectivity index (χ1v) is 11.8. The number of hydrogen-bond donors (Lipinski definition) is 1. The van der Waals surface area contributed by atoms with Crippen LogP contribution in [0.4, 0.5) is 0 Å². The topological polar surface area (TPSA) is 49.8 Å². The number of nitrogens with zero attached hydrogens (tertiary/aromatic N) is 1. The minimum Gasteiger partial charge on any atom is -0.497 e. The van der Waals surface area contributed by atoms with Gasteiger partial charge in [0.1, 0.15) is 11.1 Å². The molecule has 1 N–H and O–H groups in total. The molecule has 2 saturated carbocycles. The second kappa shape index (κ2) is 9.29. The van der Waals surface area contributed by atoms with Gasteiger partial charge in [-0.05, 0) is 85.5 Å². The van der Waals surface area contributed by atoms with E-state index in [0.717, 1.165) is 48.6 Å². The molecule has 2 fully saturated rings. The molecule has 0 spiro atoms. The van der Waals surface area contributed by atoms with Gasteiger partial charge in [-0.1, -0.05) is 18.6 Å². The summed E-state index contributed by atoms with van der Waals surface area (Å²) in [4.78, 5) is 14.1. The van der Waals surface area contributed by atoms with E-state index in [9.17, 15) is 9.90 Å². The fourth-order valence-corrected chi connectivity index (χ4v) is 6.49. The summed E-state index contributed by atoms with van der Waals surface area (Å²) in [6, 6.07) is 8.21. The number of carboxylic acids is 1. The summed E-state index contributed by atoms with van der Waals surface area (Å²) in [6.07, 6.45) is 13.3. The molecular weight excluding hydrogens is 382 g/mol. The number of ether oxygens (including phenoxy) is 1. The van der Waals surface area contributed by atoms with Crippen LogP contribution >= 0.6 is 11.8 Å². The Labute approximate surface area is 178 Å². The van der Waals surface area contributed by atoms with Gasteiger partial charge in [0.25, 0.3) is 0 Å². The minimum absolute atomic E-state index is 0.0764. The van der Waals surface area contributed by atoms with Crippen molar-refractivity contribution in [2.24, 2.45) is 17.8 Å². The lowest BCUT2D eigenvalue weighted by molar-refractivity contribution is -0.133. The third-order valence-electron chi connectivity index (χ3n) is 6.74. The number of fused-ring (bicyclic) bond motifs is 2. The molecule has 2 aliphatic carbocycles. The van der Waals surface area contributed by atoms with Gasteiger partial charge in [0.05, 0.1) is 12.7 Å². The molecule has 0 radical (unpaired) electrons. The Hall–Kier alpha value is -1.88. The van der Waals surface area contributed by atoms with E-state index in [0.29, 0.717) is 5.57 Å². The highest BCUT2D eigenvalue weighted by atomic mass is 32.2. The maximum atomic E-state index is 11.8. The quantitative estimate of drug-likeness (QED) is 0.580. The molecule has 5 heteroatoms. The van der Waals surface area contributed by atoms with Crippen LogP contribution < -0.4 is 4.74 Å². The zero-order valence-electron chi connectivity index (χ0n) is 17.1. The number of methoxy groups -OCH3 is 1. The second-order valence-corrected chi connectivity index (χ2v) is 9.76. The highest BCUT2D eigenvalue weighted by Gasteiger charge is 2.41. The summed E-state index contributed by atoms with van der Waals surface area (Å²) < 4.78 is 5.22. The molecule has 29 heavy (non-hydrogen) atoms. The van der Waals surface area contributed by atoms with Gasteiger partial charge in [0.2, 0.25) is 0 Å². The van der Waals surface area contributed by atoms with Gasteiger partial charge in [0, 0.05) is 12.7 Å². The Bertz CT molecular complexity index is 773. The molecule has 1 aromatic carbocycles. The number of aryl methyl sites for hydroxylation is 1. The number of aliphatic carboxylic acids is 1. The monoisotopic (exact) mass is 413 g/mol. The first-order chi connectivity index (χ1) is 14.1. The molecule has 4 nitrogen and oxygen atoms in total. The van der Waals surface area contributed by atoms with Crippen molar-refractivity contribution in [2.45, 2.75) is 43.9 Å². The fourth-order valence-electron chi connectivity index (χ4n) is 5.25. The fraction of sp³-hybridized carbons (Fsp3) is 0.542. The van der Waals surface area contributed by atoms with E-state index in [1.165, 1.54) is 31.2 Å². The summed E-state index contributed by atoms with van der Waals surface area (Å²) in [5.74, 6) is 3.54. The van der Waals surface area contributed by atoms with Gasteiger partial charge >= 0.3 is 5.97 Å². The zero-order chi connectivity index (χ0) is 20.2. The van der Waals surface area contributed by atoms with E-state index >= 15 is 0 Å². The van der Waals surface area contributed by atoms with E-state index < -0.39 is 5.97 Å². The molecule has 156 valence electrons. The summed E-state index contributed by atoms with van der Waals surface area (Å²) >= 11 is 1.77. The van der Waals surface area contributed by atoms with Crippen LogP contribution in [-0.4, -0.2) is 40.8 Å². The zero-order valence-corrected chi connectivity index (χ0v) is 17.9. The lowest BCUT2D eigenvalue weighted by Gasteiger charge is -2.36. The SMILES string of the molecule is COc1ccc(CCCSC2C(C(=O)O)=CC=CN2CC2CC3CCC2C3)cc1. The lowest BCUT2D eigenvalue weighted by atomic mass is 9.88. The first-order valence-electron chi connectivity index (χ1n) is 10.8. The maximum absolute atomic E-state index is 11.8. The molecule has 4 atom stereocenters. The van der Waals surface area contributed by atoms with Crippen LogP contribution in [-0.2, 0) is 11.2 Å². The van der Waals surface area contributed by atoms with Crippen molar-refractivity contribution in [3.8, 4) is 5.75 Å². The lowest BCUT2D eigenvalue weighted by Crippen LogP contribution is -2.39. The van der Waals surface area contributed by atoms with Crippen LogP contribution in [0.25, 0.3) is 0 Å². The van der Waals surface area contributed by atoms with Gasteiger partial charge < -0.3 is 14.7 Å². The number of carbonyl (C=O) groups is 1. The largest absolute Gasteiger partial charge is 0.497 e. The third kappa shape index (κ3) is 4.82. The van der Waals surface area contributed by atoms with Crippen LogP contribution in [0.2, 0.25) is 0 Å². The van der Waals surface area contributed by atoms with Crippen molar-refractivity contribution in [3.05, 3.63) is 53.8 Å². The summed E-state index contributed by atoms with van der Waals surface area (Å²) in [6.45, 7) is 0.998. The molecule has 4 rings (SSSR count). The van der Waals surface area contributed by atoms with Crippen LogP contribution in [0.5, 0.6) is 5.75 Å². The molecule has 4 unspecified atom stereocenters. The molecule has 0 aromatic heterocycles. The molecular formula is C24H31NO3S. The number of benzene rings is 1. The van der Waals surface area contributed by atoms with E-state index in [1.54, 1.807) is 24.9 Å². The predicted octanol–water partition coefficient (Wildman–Crippen LogP) is 4.96. The molecule has 3 aliphatic rings.